The van der Waals surface area contributed by atoms with Crippen molar-refractivity contribution in [1.82, 2.24) is 4.98 Å². The number of furan rings is 2. The third-order valence-electron chi connectivity index (χ3n) is 6.06. The van der Waals surface area contributed by atoms with Crippen LogP contribution in [0, 0.1) is 0 Å². The second kappa shape index (κ2) is 6.75. The lowest BCUT2D eigenvalue weighted by Gasteiger charge is -2.05. The van der Waals surface area contributed by atoms with Crippen LogP contribution in [0.25, 0.3) is 49.0 Å². The second-order valence-electron chi connectivity index (χ2n) is 8.10. The van der Waals surface area contributed by atoms with Crippen LogP contribution >= 0.6 is 11.3 Å². The first-order valence-electron chi connectivity index (χ1n) is 10.5. The molecule has 1 aliphatic rings. The predicted octanol–water partition coefficient (Wildman–Crippen LogP) is 6.77. The zero-order valence-corrected chi connectivity index (χ0v) is 17.9. The minimum absolute atomic E-state index is 0.182. The normalized spacial score (nSPS) is 17.1. The Morgan fingerprint density at radius 1 is 0.909 bits per heavy atom. The fraction of sp³-hybridized carbons (Fsp3) is 0.0370. The van der Waals surface area contributed by atoms with Gasteiger partial charge >= 0.3 is 0 Å². The summed E-state index contributed by atoms with van der Waals surface area (Å²) in [7, 11) is 0. The van der Waals surface area contributed by atoms with Crippen LogP contribution in [0.4, 0.5) is 0 Å². The molecule has 158 valence electrons. The number of Topliss-reactive ketones (excluding diaryl/α,β-unsaturated/α-hetero) is 1. The Bertz CT molecular complexity index is 1700. The van der Waals surface area contributed by atoms with Gasteiger partial charge in [-0.25, -0.2) is 0 Å². The lowest BCUT2D eigenvalue weighted by molar-refractivity contribution is 0.102. The van der Waals surface area contributed by atoms with Gasteiger partial charge in [0.05, 0.1) is 4.70 Å². The Hall–Kier alpha value is -4.00. The molecule has 0 amide bonds. The molecule has 3 heterocycles. The Labute approximate surface area is 191 Å². The summed E-state index contributed by atoms with van der Waals surface area (Å²) in [6, 6.07) is 23.2. The quantitative estimate of drug-likeness (QED) is 0.295. The summed E-state index contributed by atoms with van der Waals surface area (Å²) in [5.74, 6) is 0.995. The topological polar surface area (TPSA) is 76.5 Å². The molecule has 5 nitrogen and oxygen atoms in total. The lowest BCUT2D eigenvalue weighted by Crippen LogP contribution is -1.98. The summed E-state index contributed by atoms with van der Waals surface area (Å²) in [5, 5.41) is 14.6. The Balaban J connectivity index is 1.25. The Morgan fingerprint density at radius 3 is 2.45 bits per heavy atom. The number of aromatic nitrogens is 1. The van der Waals surface area contributed by atoms with Crippen LogP contribution in [0.3, 0.4) is 0 Å². The summed E-state index contributed by atoms with van der Waals surface area (Å²) in [4.78, 5) is 17.6. The highest BCUT2D eigenvalue weighted by Gasteiger charge is 2.34. The third kappa shape index (κ3) is 2.81. The van der Waals surface area contributed by atoms with Gasteiger partial charge in [-0.15, -0.1) is 11.3 Å². The van der Waals surface area contributed by atoms with E-state index in [0.717, 1.165) is 31.4 Å². The van der Waals surface area contributed by atoms with Crippen molar-refractivity contribution in [3.63, 3.8) is 0 Å². The maximum atomic E-state index is 13.0. The molecule has 6 heteroatoms. The average Bonchev–Trinajstić information content (AvgIpc) is 3.57. The minimum Gasteiger partial charge on any atom is -0.454 e. The number of aliphatic hydroxyl groups is 1. The van der Waals surface area contributed by atoms with Crippen LogP contribution in [-0.2, 0) is 0 Å². The number of rotatable bonds is 2. The number of benzene rings is 3. The molecule has 7 rings (SSSR count). The summed E-state index contributed by atoms with van der Waals surface area (Å²) in [6.45, 7) is 0. The summed E-state index contributed by atoms with van der Waals surface area (Å²) < 4.78 is 12.6. The highest BCUT2D eigenvalue weighted by molar-refractivity contribution is 7.21. The second-order valence-corrected chi connectivity index (χ2v) is 9.13. The number of aliphatic hydroxyl groups excluding tert-OH is 1. The molecule has 0 radical (unpaired) electrons. The van der Waals surface area contributed by atoms with E-state index in [1.807, 2.05) is 72.8 Å². The molecule has 0 aliphatic heterocycles. The van der Waals surface area contributed by atoms with E-state index in [9.17, 15) is 9.90 Å². The molecule has 0 saturated carbocycles. The van der Waals surface area contributed by atoms with Crippen molar-refractivity contribution in [1.29, 1.82) is 0 Å². The molecule has 3 aromatic carbocycles. The Kier molecular flexibility index (Phi) is 3.80. The van der Waals surface area contributed by atoms with Crippen LogP contribution in [0.15, 0.2) is 87.2 Å². The van der Waals surface area contributed by atoms with Gasteiger partial charge in [-0.05, 0) is 46.7 Å². The average molecular weight is 449 g/mol. The zero-order valence-electron chi connectivity index (χ0n) is 17.1. The van der Waals surface area contributed by atoms with E-state index >= 15 is 0 Å². The van der Waals surface area contributed by atoms with Gasteiger partial charge in [-0.2, -0.15) is 4.98 Å². The van der Waals surface area contributed by atoms with E-state index in [1.54, 1.807) is 6.08 Å². The first-order valence-corrected chi connectivity index (χ1v) is 11.3. The van der Waals surface area contributed by atoms with Gasteiger partial charge in [-0.1, -0.05) is 42.5 Å². The summed E-state index contributed by atoms with van der Waals surface area (Å²) in [6.07, 6.45) is 0.631. The number of para-hydroxylation sites is 1. The van der Waals surface area contributed by atoms with Crippen molar-refractivity contribution in [2.24, 2.45) is 0 Å². The van der Waals surface area contributed by atoms with Gasteiger partial charge < -0.3 is 13.9 Å². The summed E-state index contributed by atoms with van der Waals surface area (Å²) in [5.41, 5.74) is 2.75. The number of carbonyl (C=O) groups is 1. The van der Waals surface area contributed by atoms with Crippen LogP contribution in [0.5, 0.6) is 0 Å². The van der Waals surface area contributed by atoms with E-state index in [2.05, 4.69) is 4.98 Å². The number of thiazole rings is 1. The van der Waals surface area contributed by atoms with Crippen molar-refractivity contribution in [3.05, 3.63) is 95.3 Å². The molecule has 1 N–H and O–H groups in total. The van der Waals surface area contributed by atoms with Crippen molar-refractivity contribution in [3.8, 4) is 10.8 Å². The van der Waals surface area contributed by atoms with Crippen LogP contribution in [-0.4, -0.2) is 15.9 Å². The van der Waals surface area contributed by atoms with Crippen molar-refractivity contribution < 1.29 is 18.7 Å². The lowest BCUT2D eigenvalue weighted by atomic mass is 10.0. The third-order valence-corrected chi connectivity index (χ3v) is 7.05. The number of nitrogens with zero attached hydrogens (tertiary/aromatic N) is 1. The largest absolute Gasteiger partial charge is 0.454 e. The first-order chi connectivity index (χ1) is 16.1. The number of hydrogen-bond acceptors (Lipinski definition) is 6. The van der Waals surface area contributed by atoms with Crippen molar-refractivity contribution in [2.45, 2.75) is 6.10 Å². The monoisotopic (exact) mass is 449 g/mol. The fourth-order valence-corrected chi connectivity index (χ4v) is 5.33. The van der Waals surface area contributed by atoms with Gasteiger partial charge in [0.2, 0.25) is 5.71 Å². The van der Waals surface area contributed by atoms with Crippen LogP contribution < -0.4 is 0 Å². The molecule has 1 aliphatic carbocycles. The van der Waals surface area contributed by atoms with E-state index in [1.165, 1.54) is 11.3 Å². The number of ketones is 1. The molecule has 1 unspecified atom stereocenters. The van der Waals surface area contributed by atoms with Crippen molar-refractivity contribution >= 4 is 55.4 Å². The molecular weight excluding hydrogens is 434 g/mol. The summed E-state index contributed by atoms with van der Waals surface area (Å²) >= 11 is 1.46. The standard InChI is InChI=1S/C27H15NO4S/c29-24-18-9-14-5-1-2-6-15(14)10-19(18)25(30)20(24)12-17-13-23-26(31-17)28-27(33-23)22-11-16-7-3-4-8-21(16)32-22/h1-13,24,29H/b20-12+. The Morgan fingerprint density at radius 2 is 1.67 bits per heavy atom. The highest BCUT2D eigenvalue weighted by Crippen LogP contribution is 2.40. The van der Waals surface area contributed by atoms with Crippen molar-refractivity contribution in [2.75, 3.05) is 0 Å². The van der Waals surface area contributed by atoms with Gasteiger partial charge in [0, 0.05) is 22.6 Å². The molecule has 0 saturated heterocycles. The predicted molar refractivity (Wildman–Crippen MR) is 128 cm³/mol. The SMILES string of the molecule is O=C1/C(=C/c2cc3sc(-c4cc5ccccc5o4)nc3o2)C(O)c2cc3ccccc3cc21. The number of fused-ring (bicyclic) bond motifs is 4. The molecule has 0 fully saturated rings. The van der Waals surface area contributed by atoms with Gasteiger partial charge in [-0.3, -0.25) is 4.79 Å². The van der Waals surface area contributed by atoms with E-state index < -0.39 is 6.10 Å². The van der Waals surface area contributed by atoms with Crippen LogP contribution in [0.2, 0.25) is 0 Å². The van der Waals surface area contributed by atoms with Gasteiger partial charge in [0.25, 0.3) is 0 Å². The van der Waals surface area contributed by atoms with E-state index in [-0.39, 0.29) is 5.78 Å². The molecule has 1 atom stereocenters. The maximum Gasteiger partial charge on any atom is 0.238 e. The van der Waals surface area contributed by atoms with Gasteiger partial charge in [0.1, 0.15) is 17.4 Å². The van der Waals surface area contributed by atoms with Crippen LogP contribution in [0.1, 0.15) is 27.8 Å². The van der Waals surface area contributed by atoms with Gasteiger partial charge in [0.15, 0.2) is 16.6 Å². The molecule has 33 heavy (non-hydrogen) atoms. The minimum atomic E-state index is -0.987. The number of hydrogen-bond donors (Lipinski definition) is 1. The molecule has 6 aromatic rings. The molecule has 0 spiro atoms. The highest BCUT2D eigenvalue weighted by atomic mass is 32.1. The fourth-order valence-electron chi connectivity index (χ4n) is 4.44. The zero-order chi connectivity index (χ0) is 22.1. The first kappa shape index (κ1) is 18.6. The number of carbonyl (C=O) groups excluding carboxylic acids is 1. The smallest absolute Gasteiger partial charge is 0.238 e. The molecule has 0 bridgehead atoms. The van der Waals surface area contributed by atoms with E-state index in [4.69, 9.17) is 8.83 Å². The maximum absolute atomic E-state index is 13.0. The molecular formula is C27H15NO4S. The molecule has 3 aromatic heterocycles. The van der Waals surface area contributed by atoms with E-state index in [0.29, 0.717) is 33.9 Å².